The van der Waals surface area contributed by atoms with Crippen LogP contribution >= 0.6 is 15.9 Å². The van der Waals surface area contributed by atoms with Gasteiger partial charge in [-0.3, -0.25) is 4.79 Å². The average Bonchev–Trinajstić information content (AvgIpc) is 2.60. The zero-order chi connectivity index (χ0) is 21.5. The Balaban J connectivity index is 1.93. The third-order valence-corrected chi connectivity index (χ3v) is 5.55. The summed E-state index contributed by atoms with van der Waals surface area (Å²) >= 11 is 3.29. The van der Waals surface area contributed by atoms with Gasteiger partial charge in [0.15, 0.2) is 0 Å². The quantitative estimate of drug-likeness (QED) is 0.607. The van der Waals surface area contributed by atoms with Gasteiger partial charge in [-0.2, -0.15) is 0 Å². The third-order valence-electron chi connectivity index (χ3n) is 5.09. The van der Waals surface area contributed by atoms with E-state index in [9.17, 15) is 14.0 Å². The molecule has 2 heterocycles. The van der Waals surface area contributed by atoms with E-state index >= 15 is 0 Å². The number of nitrogens with zero attached hydrogens (tertiary/aromatic N) is 2. The molecular weight excluding hydrogens is 438 g/mol. The van der Waals surface area contributed by atoms with Gasteiger partial charge >= 0.3 is 6.09 Å². The monoisotopic (exact) mass is 462 g/mol. The highest BCUT2D eigenvalue weighted by Gasteiger charge is 2.29. The number of rotatable bonds is 2. The Morgan fingerprint density at radius 3 is 2.48 bits per heavy atom. The van der Waals surface area contributed by atoms with Crippen LogP contribution in [0.25, 0.3) is 10.8 Å². The number of amides is 1. The summed E-state index contributed by atoms with van der Waals surface area (Å²) in [6, 6.07) is 2.89. The lowest BCUT2D eigenvalue weighted by Crippen LogP contribution is -2.43. The normalized spacial score (nSPS) is 16.8. The lowest BCUT2D eigenvalue weighted by atomic mass is 9.81. The second kappa shape index (κ2) is 8.13. The van der Waals surface area contributed by atoms with Gasteiger partial charge in [-0.05, 0) is 56.7 Å². The molecule has 8 heteroatoms. The zero-order valence-corrected chi connectivity index (χ0v) is 18.8. The molecule has 1 atom stereocenters. The van der Waals surface area contributed by atoms with Crippen molar-refractivity contribution in [1.82, 2.24) is 9.47 Å². The highest BCUT2D eigenvalue weighted by Crippen LogP contribution is 2.30. The molecule has 0 bridgehead atoms. The maximum absolute atomic E-state index is 14.7. The van der Waals surface area contributed by atoms with Crippen molar-refractivity contribution in [3.8, 4) is 0 Å². The molecule has 0 spiro atoms. The number of benzene rings is 1. The summed E-state index contributed by atoms with van der Waals surface area (Å²) in [7, 11) is 6.13. The number of ether oxygens (including phenoxy) is 1. The molecular formula is C21H25BBrFN2O3. The summed E-state index contributed by atoms with van der Waals surface area (Å²) in [6.45, 7) is 8.24. The summed E-state index contributed by atoms with van der Waals surface area (Å²) in [4.78, 5) is 27.0. The number of carbonyl (C=O) groups is 1. The Morgan fingerprint density at radius 1 is 1.31 bits per heavy atom. The smallest absolute Gasteiger partial charge is 0.410 e. The van der Waals surface area contributed by atoms with Crippen molar-refractivity contribution < 1.29 is 13.9 Å². The molecule has 1 aliphatic heterocycles. The van der Waals surface area contributed by atoms with Crippen molar-refractivity contribution in [2.45, 2.75) is 58.0 Å². The summed E-state index contributed by atoms with van der Waals surface area (Å²) in [6.07, 6.45) is 2.56. The fourth-order valence-electron chi connectivity index (χ4n) is 3.71. The second-order valence-corrected chi connectivity index (χ2v) is 9.51. The van der Waals surface area contributed by atoms with Gasteiger partial charge in [0.1, 0.15) is 11.4 Å². The third kappa shape index (κ3) is 4.68. The van der Waals surface area contributed by atoms with E-state index in [-0.39, 0.29) is 28.9 Å². The molecule has 29 heavy (non-hydrogen) atoms. The second-order valence-electron chi connectivity index (χ2n) is 8.59. The summed E-state index contributed by atoms with van der Waals surface area (Å²) in [5.41, 5.74) is -0.208. The number of piperidine rings is 1. The molecule has 1 aliphatic rings. The molecule has 1 aromatic heterocycles. The molecule has 0 N–H and O–H groups in total. The van der Waals surface area contributed by atoms with Crippen LogP contribution in [0.3, 0.4) is 0 Å². The fourth-order valence-corrected chi connectivity index (χ4v) is 4.14. The van der Waals surface area contributed by atoms with Gasteiger partial charge in [0.05, 0.1) is 13.2 Å². The van der Waals surface area contributed by atoms with Gasteiger partial charge in [0.2, 0.25) is 0 Å². The number of carbonyl (C=O) groups excluding carboxylic acids is 1. The SMILES string of the molecule is [B]C(C)c1cn(C2CCN(C(=O)OC(C)(C)C)CC2)c(=O)c2c(F)cc(Br)cc12. The molecule has 2 aromatic rings. The van der Waals surface area contributed by atoms with E-state index in [1.165, 1.54) is 6.07 Å². The Labute approximate surface area is 179 Å². The standard InChI is InChI=1S/C21H25BBrFN2O3/c1-12(22)16-11-26(19(27)18-15(16)9-13(23)10-17(18)24)14-5-7-25(8-6-14)20(28)29-21(2,3)4/h9-12,14H,5-8H2,1-4H3. The number of pyridine rings is 1. The van der Waals surface area contributed by atoms with Crippen molar-refractivity contribution in [2.75, 3.05) is 13.1 Å². The number of hydrogen-bond acceptors (Lipinski definition) is 3. The van der Waals surface area contributed by atoms with Crippen LogP contribution in [0, 0.1) is 5.82 Å². The van der Waals surface area contributed by atoms with Crippen molar-refractivity contribution in [3.05, 3.63) is 44.5 Å². The van der Waals surface area contributed by atoms with Gasteiger partial charge in [-0.1, -0.05) is 28.7 Å². The molecule has 154 valence electrons. The molecule has 1 saturated heterocycles. The molecule has 2 radical (unpaired) electrons. The largest absolute Gasteiger partial charge is 0.444 e. The maximum Gasteiger partial charge on any atom is 0.410 e. The zero-order valence-electron chi connectivity index (χ0n) is 17.2. The molecule has 0 saturated carbocycles. The minimum Gasteiger partial charge on any atom is -0.444 e. The molecule has 3 rings (SSSR count). The van der Waals surface area contributed by atoms with Crippen LogP contribution in [0.1, 0.15) is 58.0 Å². The minimum absolute atomic E-state index is 0.0533. The first-order valence-electron chi connectivity index (χ1n) is 9.75. The van der Waals surface area contributed by atoms with Crippen LogP contribution in [0.15, 0.2) is 27.6 Å². The first-order chi connectivity index (χ1) is 13.5. The van der Waals surface area contributed by atoms with E-state index < -0.39 is 11.4 Å². The van der Waals surface area contributed by atoms with E-state index in [0.717, 1.165) is 5.56 Å². The predicted molar refractivity (Wildman–Crippen MR) is 116 cm³/mol. The topological polar surface area (TPSA) is 51.5 Å². The van der Waals surface area contributed by atoms with Gasteiger partial charge in [-0.25, -0.2) is 9.18 Å². The van der Waals surface area contributed by atoms with Crippen LogP contribution in [-0.4, -0.2) is 42.1 Å². The highest BCUT2D eigenvalue weighted by molar-refractivity contribution is 9.10. The first kappa shape index (κ1) is 21.9. The average molecular weight is 463 g/mol. The van der Waals surface area contributed by atoms with E-state index in [1.807, 2.05) is 27.7 Å². The number of halogens is 2. The Morgan fingerprint density at radius 2 is 1.93 bits per heavy atom. The van der Waals surface area contributed by atoms with Crippen molar-refractivity contribution in [3.63, 3.8) is 0 Å². The lowest BCUT2D eigenvalue weighted by molar-refractivity contribution is 0.0187. The van der Waals surface area contributed by atoms with Crippen LogP contribution in [-0.2, 0) is 4.74 Å². The van der Waals surface area contributed by atoms with E-state index in [1.54, 1.807) is 21.7 Å². The van der Waals surface area contributed by atoms with Crippen LogP contribution in [0.2, 0.25) is 0 Å². The number of aromatic nitrogens is 1. The van der Waals surface area contributed by atoms with Gasteiger partial charge in [0.25, 0.3) is 5.56 Å². The summed E-state index contributed by atoms with van der Waals surface area (Å²) < 4.78 is 22.2. The Bertz CT molecular complexity index is 992. The van der Waals surface area contributed by atoms with Crippen molar-refractivity contribution in [2.24, 2.45) is 0 Å². The highest BCUT2D eigenvalue weighted by atomic mass is 79.9. The molecule has 0 aliphatic carbocycles. The van der Waals surface area contributed by atoms with E-state index in [4.69, 9.17) is 12.6 Å². The van der Waals surface area contributed by atoms with E-state index in [2.05, 4.69) is 15.9 Å². The van der Waals surface area contributed by atoms with Crippen molar-refractivity contribution in [1.29, 1.82) is 0 Å². The van der Waals surface area contributed by atoms with Crippen LogP contribution in [0.5, 0.6) is 0 Å². The minimum atomic E-state index is -0.568. The Hall–Kier alpha value is -1.83. The summed E-state index contributed by atoms with van der Waals surface area (Å²) in [5.74, 6) is -0.929. The fraction of sp³-hybridized carbons (Fsp3) is 0.524. The first-order valence-corrected chi connectivity index (χ1v) is 10.5. The molecule has 1 unspecified atom stereocenters. The van der Waals surface area contributed by atoms with Crippen LogP contribution < -0.4 is 5.56 Å². The molecule has 5 nitrogen and oxygen atoms in total. The maximum atomic E-state index is 14.7. The Kier molecular flexibility index (Phi) is 6.13. The van der Waals surface area contributed by atoms with Crippen LogP contribution in [0.4, 0.5) is 9.18 Å². The lowest BCUT2D eigenvalue weighted by Gasteiger charge is -2.34. The summed E-state index contributed by atoms with van der Waals surface area (Å²) in [5, 5.41) is 0.580. The number of fused-ring (bicyclic) bond motifs is 1. The predicted octanol–water partition coefficient (Wildman–Crippen LogP) is 4.70. The molecule has 1 aromatic carbocycles. The van der Waals surface area contributed by atoms with Gasteiger partial charge in [0, 0.05) is 29.8 Å². The number of likely N-dealkylation sites (tertiary alicyclic amines) is 1. The number of hydrogen-bond donors (Lipinski definition) is 0. The molecule has 1 amide bonds. The van der Waals surface area contributed by atoms with Gasteiger partial charge < -0.3 is 14.2 Å². The van der Waals surface area contributed by atoms with Gasteiger partial charge in [-0.15, -0.1) is 0 Å². The van der Waals surface area contributed by atoms with Crippen molar-refractivity contribution >= 4 is 40.6 Å². The van der Waals surface area contributed by atoms with E-state index in [0.29, 0.717) is 35.8 Å². The molecule has 1 fully saturated rings.